The molecule has 0 aliphatic carbocycles. The second kappa shape index (κ2) is 9.89. The van der Waals surface area contributed by atoms with Gasteiger partial charge in [-0.15, -0.1) is 0 Å². The largest absolute Gasteiger partial charge is 0.548 e. The molecule has 7 heteroatoms. The molecule has 0 saturated heterocycles. The zero-order valence-corrected chi connectivity index (χ0v) is 17.1. The van der Waals surface area contributed by atoms with Gasteiger partial charge in [0.2, 0.25) is 0 Å². The van der Waals surface area contributed by atoms with Crippen LogP contribution < -0.4 is 15.7 Å². The summed E-state index contributed by atoms with van der Waals surface area (Å²) in [7, 11) is 0. The summed E-state index contributed by atoms with van der Waals surface area (Å²) in [6.07, 6.45) is 1.45. The van der Waals surface area contributed by atoms with E-state index in [9.17, 15) is 19.5 Å². The molecule has 152 valence electrons. The van der Waals surface area contributed by atoms with Crippen LogP contribution in [-0.4, -0.2) is 23.8 Å². The number of nitrogens with one attached hydrogen (secondary N) is 2. The highest BCUT2D eigenvalue weighted by molar-refractivity contribution is 6.30. The van der Waals surface area contributed by atoms with E-state index < -0.39 is 29.7 Å². The van der Waals surface area contributed by atoms with Crippen LogP contribution in [0, 0.1) is 12.8 Å². The van der Waals surface area contributed by atoms with Gasteiger partial charge >= 0.3 is 0 Å². The Morgan fingerprint density at radius 3 is 2.10 bits per heavy atom. The summed E-state index contributed by atoms with van der Waals surface area (Å²) in [5.74, 6) is -3.02. The van der Waals surface area contributed by atoms with Gasteiger partial charge in [-0.3, -0.25) is 9.59 Å². The summed E-state index contributed by atoms with van der Waals surface area (Å²) < 4.78 is 0. The van der Waals surface area contributed by atoms with Crippen molar-refractivity contribution < 1.29 is 19.5 Å². The number of aliphatic carboxylic acids is 1. The quantitative estimate of drug-likeness (QED) is 0.680. The molecule has 0 spiro atoms. The van der Waals surface area contributed by atoms with E-state index in [1.807, 2.05) is 6.92 Å². The molecule has 29 heavy (non-hydrogen) atoms. The maximum absolute atomic E-state index is 12.7. The number of rotatable bonds is 7. The number of hydrogen-bond donors (Lipinski definition) is 2. The average molecular weight is 414 g/mol. The summed E-state index contributed by atoms with van der Waals surface area (Å²) in [6.45, 7) is 5.19. The first-order valence-corrected chi connectivity index (χ1v) is 9.42. The molecule has 0 fully saturated rings. The third kappa shape index (κ3) is 6.47. The molecule has 0 radical (unpaired) electrons. The van der Waals surface area contributed by atoms with Crippen molar-refractivity contribution in [3.8, 4) is 0 Å². The van der Waals surface area contributed by atoms with Crippen molar-refractivity contribution in [1.29, 1.82) is 0 Å². The zero-order valence-electron chi connectivity index (χ0n) is 16.4. The fourth-order valence-corrected chi connectivity index (χ4v) is 2.63. The Balaban J connectivity index is 2.33. The number of amides is 2. The van der Waals surface area contributed by atoms with Crippen molar-refractivity contribution >= 4 is 35.5 Å². The number of carbonyl (C=O) groups is 3. The van der Waals surface area contributed by atoms with Gasteiger partial charge in [0, 0.05) is 10.6 Å². The van der Waals surface area contributed by atoms with Crippen LogP contribution in [0.25, 0.3) is 6.08 Å². The summed E-state index contributed by atoms with van der Waals surface area (Å²) in [5, 5.41) is 16.8. The van der Waals surface area contributed by atoms with Crippen molar-refractivity contribution in [3.63, 3.8) is 0 Å². The average Bonchev–Trinajstić information content (AvgIpc) is 2.67. The molecule has 1 atom stereocenters. The van der Waals surface area contributed by atoms with Gasteiger partial charge < -0.3 is 20.5 Å². The van der Waals surface area contributed by atoms with E-state index in [4.69, 9.17) is 11.6 Å². The van der Waals surface area contributed by atoms with Crippen molar-refractivity contribution in [2.75, 3.05) is 0 Å². The highest BCUT2D eigenvalue weighted by atomic mass is 35.5. The number of carboxylic acids is 1. The topological polar surface area (TPSA) is 98.3 Å². The second-order valence-electron chi connectivity index (χ2n) is 6.94. The first-order chi connectivity index (χ1) is 13.7. The van der Waals surface area contributed by atoms with Gasteiger partial charge in [0.15, 0.2) is 0 Å². The molecular formula is C22H22ClN2O4-. The van der Waals surface area contributed by atoms with Crippen LogP contribution in [0.5, 0.6) is 0 Å². The highest BCUT2D eigenvalue weighted by Gasteiger charge is 2.21. The van der Waals surface area contributed by atoms with Crippen LogP contribution in [0.15, 0.2) is 54.2 Å². The number of benzene rings is 2. The van der Waals surface area contributed by atoms with Crippen LogP contribution in [0.2, 0.25) is 5.02 Å². The van der Waals surface area contributed by atoms with Crippen LogP contribution in [0.4, 0.5) is 0 Å². The molecule has 2 aromatic carbocycles. The van der Waals surface area contributed by atoms with Gasteiger partial charge in [0.25, 0.3) is 11.8 Å². The van der Waals surface area contributed by atoms with Crippen LogP contribution in [0.1, 0.15) is 35.3 Å². The lowest BCUT2D eigenvalue weighted by Gasteiger charge is -2.24. The Morgan fingerprint density at radius 2 is 1.59 bits per heavy atom. The fourth-order valence-electron chi connectivity index (χ4n) is 2.50. The maximum Gasteiger partial charge on any atom is 0.268 e. The number of aryl methyl sites for hydroxylation is 1. The predicted molar refractivity (Wildman–Crippen MR) is 110 cm³/mol. The van der Waals surface area contributed by atoms with E-state index in [1.54, 1.807) is 62.4 Å². The lowest BCUT2D eigenvalue weighted by Crippen LogP contribution is -2.52. The summed E-state index contributed by atoms with van der Waals surface area (Å²) in [4.78, 5) is 36.7. The predicted octanol–water partition coefficient (Wildman–Crippen LogP) is 2.31. The normalized spacial score (nSPS) is 12.4. The number of halogens is 1. The van der Waals surface area contributed by atoms with E-state index in [2.05, 4.69) is 10.6 Å². The third-order valence-corrected chi connectivity index (χ3v) is 4.45. The Bertz CT molecular complexity index is 919. The molecule has 0 heterocycles. The Morgan fingerprint density at radius 1 is 1.00 bits per heavy atom. The molecule has 0 aromatic heterocycles. The van der Waals surface area contributed by atoms with E-state index in [1.165, 1.54) is 6.08 Å². The minimum atomic E-state index is -1.40. The third-order valence-electron chi connectivity index (χ3n) is 4.19. The first kappa shape index (κ1) is 22.2. The van der Waals surface area contributed by atoms with Crippen molar-refractivity contribution in [3.05, 3.63) is 75.9 Å². The van der Waals surface area contributed by atoms with E-state index in [0.717, 1.165) is 5.56 Å². The zero-order chi connectivity index (χ0) is 21.6. The number of carbonyl (C=O) groups excluding carboxylic acids is 3. The molecule has 0 unspecified atom stereocenters. The Kier molecular flexibility index (Phi) is 7.56. The Hall–Kier alpha value is -3.12. The molecule has 2 rings (SSSR count). The lowest BCUT2D eigenvalue weighted by atomic mass is 10.0. The number of carboxylic acid groups (broad SMARTS) is 1. The highest BCUT2D eigenvalue weighted by Crippen LogP contribution is 2.13. The summed E-state index contributed by atoms with van der Waals surface area (Å²) >= 11 is 5.88. The van der Waals surface area contributed by atoms with Gasteiger partial charge in [-0.05, 0) is 48.7 Å². The number of hydrogen-bond acceptors (Lipinski definition) is 4. The minimum Gasteiger partial charge on any atom is -0.548 e. The van der Waals surface area contributed by atoms with Crippen molar-refractivity contribution in [2.24, 2.45) is 5.92 Å². The molecule has 2 N–H and O–H groups in total. The van der Waals surface area contributed by atoms with E-state index in [0.29, 0.717) is 16.1 Å². The van der Waals surface area contributed by atoms with Gasteiger partial charge in [0.05, 0.1) is 12.0 Å². The summed E-state index contributed by atoms with van der Waals surface area (Å²) in [5.41, 5.74) is 1.87. The Labute approximate surface area is 174 Å². The molecule has 2 aromatic rings. The van der Waals surface area contributed by atoms with Crippen LogP contribution in [-0.2, 0) is 9.59 Å². The molecule has 2 amide bonds. The minimum absolute atomic E-state index is 0.0928. The van der Waals surface area contributed by atoms with Gasteiger partial charge in [0.1, 0.15) is 5.70 Å². The molecular weight excluding hydrogens is 392 g/mol. The van der Waals surface area contributed by atoms with Crippen LogP contribution >= 0.6 is 11.6 Å². The van der Waals surface area contributed by atoms with E-state index >= 15 is 0 Å². The molecule has 0 bridgehead atoms. The first-order valence-electron chi connectivity index (χ1n) is 9.04. The second-order valence-corrected chi connectivity index (χ2v) is 7.38. The standard InChI is InChI=1S/C22H23ClN2O4/c1-13(2)19(22(28)29)25-21(27)18(12-15-6-10-17(23)11-7-15)24-20(26)16-8-4-14(3)5-9-16/h4-13,19H,1-3H3,(H,24,26)(H,25,27)(H,28,29)/p-1/b18-12+/t19-/m1/s1. The summed E-state index contributed by atoms with van der Waals surface area (Å²) in [6, 6.07) is 12.3. The maximum atomic E-state index is 12.7. The van der Waals surface area contributed by atoms with Gasteiger partial charge in [-0.1, -0.05) is 55.3 Å². The van der Waals surface area contributed by atoms with E-state index in [-0.39, 0.29) is 5.70 Å². The molecule has 0 aliphatic rings. The monoisotopic (exact) mass is 413 g/mol. The smallest absolute Gasteiger partial charge is 0.268 e. The van der Waals surface area contributed by atoms with Crippen molar-refractivity contribution in [1.82, 2.24) is 10.6 Å². The molecule has 6 nitrogen and oxygen atoms in total. The van der Waals surface area contributed by atoms with Crippen molar-refractivity contribution in [2.45, 2.75) is 26.8 Å². The van der Waals surface area contributed by atoms with Gasteiger partial charge in [-0.25, -0.2) is 0 Å². The lowest BCUT2D eigenvalue weighted by molar-refractivity contribution is -0.309. The van der Waals surface area contributed by atoms with Gasteiger partial charge in [-0.2, -0.15) is 0 Å². The fraction of sp³-hybridized carbons (Fsp3) is 0.227. The SMILES string of the molecule is Cc1ccc(C(=O)N/C(=C/c2ccc(Cl)cc2)C(=O)N[C@@H](C(=O)[O-])C(C)C)cc1. The molecule has 0 saturated carbocycles. The van der Waals surface area contributed by atoms with Crippen LogP contribution in [0.3, 0.4) is 0 Å². The molecule has 0 aliphatic heterocycles.